The van der Waals surface area contributed by atoms with Gasteiger partial charge in [0.1, 0.15) is 0 Å². The number of aryl methyl sites for hydroxylation is 1. The molecule has 3 nitrogen and oxygen atoms in total. The Morgan fingerprint density at radius 3 is 3.00 bits per heavy atom. The van der Waals surface area contributed by atoms with Crippen molar-refractivity contribution in [1.82, 2.24) is 5.32 Å². The van der Waals surface area contributed by atoms with Crippen molar-refractivity contribution in [3.05, 3.63) is 29.3 Å². The second-order valence-electron chi connectivity index (χ2n) is 5.41. The summed E-state index contributed by atoms with van der Waals surface area (Å²) in [6.07, 6.45) is 3.28. The highest BCUT2D eigenvalue weighted by Crippen LogP contribution is 2.27. The van der Waals surface area contributed by atoms with E-state index in [1.807, 2.05) is 11.8 Å². The average Bonchev–Trinajstić information content (AvgIpc) is 2.61. The van der Waals surface area contributed by atoms with Gasteiger partial charge in [-0.25, -0.2) is 0 Å². The van der Waals surface area contributed by atoms with Crippen molar-refractivity contribution in [2.75, 3.05) is 18.0 Å². The fourth-order valence-electron chi connectivity index (χ4n) is 2.89. The topological polar surface area (TPSA) is 32.3 Å². The summed E-state index contributed by atoms with van der Waals surface area (Å²) in [4.78, 5) is 14.0. The van der Waals surface area contributed by atoms with Crippen LogP contribution in [0.5, 0.6) is 0 Å². The van der Waals surface area contributed by atoms with Gasteiger partial charge in [0.15, 0.2) is 0 Å². The number of carbonyl (C=O) groups is 1. The first kappa shape index (κ1) is 11.7. The molecular formula is C15H20N2O. The molecule has 18 heavy (non-hydrogen) atoms. The first-order chi connectivity index (χ1) is 8.75. The maximum atomic E-state index is 12.1. The van der Waals surface area contributed by atoms with Crippen LogP contribution >= 0.6 is 0 Å². The summed E-state index contributed by atoms with van der Waals surface area (Å²) in [5, 5.41) is 3.43. The highest BCUT2D eigenvalue weighted by molar-refractivity contribution is 5.97. The van der Waals surface area contributed by atoms with Gasteiger partial charge in [0.05, 0.1) is 0 Å². The largest absolute Gasteiger partial charge is 0.313 e. The van der Waals surface area contributed by atoms with Crippen LogP contribution in [-0.2, 0) is 17.8 Å². The van der Waals surface area contributed by atoms with Crippen molar-refractivity contribution in [3.8, 4) is 0 Å². The van der Waals surface area contributed by atoms with Gasteiger partial charge in [-0.2, -0.15) is 0 Å². The number of nitrogens with zero attached hydrogens (tertiary/aromatic N) is 1. The molecule has 96 valence electrons. The fraction of sp³-hybridized carbons (Fsp3) is 0.533. The van der Waals surface area contributed by atoms with E-state index < -0.39 is 0 Å². The van der Waals surface area contributed by atoms with Gasteiger partial charge in [0, 0.05) is 24.7 Å². The standard InChI is InChI=1S/C15H20N2O/c1-11-6-8-17(15(11)18)14-5-4-13-10-16-7-2-3-12(13)9-14/h4-5,9,11,16H,2-3,6-8,10H2,1H3/t11-/m0/s1. The number of anilines is 1. The van der Waals surface area contributed by atoms with Crippen LogP contribution in [0, 0.1) is 5.92 Å². The number of fused-ring (bicyclic) bond motifs is 1. The summed E-state index contributed by atoms with van der Waals surface area (Å²) in [6, 6.07) is 6.50. The molecule has 1 fully saturated rings. The lowest BCUT2D eigenvalue weighted by Gasteiger charge is -2.18. The Morgan fingerprint density at radius 1 is 1.33 bits per heavy atom. The SMILES string of the molecule is C[C@H]1CCN(c2ccc3c(c2)CCCNC3)C1=O. The lowest BCUT2D eigenvalue weighted by atomic mass is 10.0. The van der Waals surface area contributed by atoms with Crippen LogP contribution in [0.3, 0.4) is 0 Å². The van der Waals surface area contributed by atoms with Crippen LogP contribution in [0.25, 0.3) is 0 Å². The first-order valence-electron chi connectivity index (χ1n) is 6.89. The molecule has 0 aromatic heterocycles. The van der Waals surface area contributed by atoms with Crippen molar-refractivity contribution in [2.45, 2.75) is 32.7 Å². The molecule has 1 saturated heterocycles. The molecule has 0 saturated carbocycles. The number of amides is 1. The zero-order valence-electron chi connectivity index (χ0n) is 10.9. The van der Waals surface area contributed by atoms with Gasteiger partial charge in [-0.05, 0) is 49.1 Å². The Morgan fingerprint density at radius 2 is 2.22 bits per heavy atom. The average molecular weight is 244 g/mol. The molecule has 0 radical (unpaired) electrons. The summed E-state index contributed by atoms with van der Waals surface area (Å²) in [7, 11) is 0. The Kier molecular flexibility index (Phi) is 3.08. The van der Waals surface area contributed by atoms with Gasteiger partial charge in [-0.1, -0.05) is 13.0 Å². The minimum absolute atomic E-state index is 0.186. The number of nitrogens with one attached hydrogen (secondary N) is 1. The molecule has 0 bridgehead atoms. The molecule has 2 aliphatic rings. The zero-order chi connectivity index (χ0) is 12.5. The number of rotatable bonds is 1. The normalized spacial score (nSPS) is 23.9. The Labute approximate surface area is 108 Å². The fourth-order valence-corrected chi connectivity index (χ4v) is 2.89. The maximum Gasteiger partial charge on any atom is 0.229 e. The molecule has 2 aliphatic heterocycles. The Balaban J connectivity index is 1.90. The van der Waals surface area contributed by atoms with E-state index in [9.17, 15) is 4.79 Å². The minimum Gasteiger partial charge on any atom is -0.313 e. The smallest absolute Gasteiger partial charge is 0.229 e. The van der Waals surface area contributed by atoms with Gasteiger partial charge in [-0.15, -0.1) is 0 Å². The third-order valence-electron chi connectivity index (χ3n) is 4.09. The molecule has 0 unspecified atom stereocenters. The second kappa shape index (κ2) is 4.73. The highest BCUT2D eigenvalue weighted by atomic mass is 16.2. The molecule has 0 spiro atoms. The van der Waals surface area contributed by atoms with Gasteiger partial charge in [0.2, 0.25) is 5.91 Å². The maximum absolute atomic E-state index is 12.1. The predicted octanol–water partition coefficient (Wildman–Crippen LogP) is 2.10. The van der Waals surface area contributed by atoms with E-state index in [1.165, 1.54) is 17.5 Å². The summed E-state index contributed by atoms with van der Waals surface area (Å²) in [5.41, 5.74) is 3.88. The number of carbonyl (C=O) groups excluding carboxylic acids is 1. The Hall–Kier alpha value is -1.35. The van der Waals surface area contributed by atoms with Crippen LogP contribution in [-0.4, -0.2) is 19.0 Å². The summed E-state index contributed by atoms with van der Waals surface area (Å²) in [5.74, 6) is 0.465. The van der Waals surface area contributed by atoms with Crippen molar-refractivity contribution in [1.29, 1.82) is 0 Å². The molecule has 1 aromatic carbocycles. The molecule has 3 rings (SSSR count). The lowest BCUT2D eigenvalue weighted by molar-refractivity contribution is -0.119. The van der Waals surface area contributed by atoms with E-state index in [0.29, 0.717) is 0 Å². The van der Waals surface area contributed by atoms with Gasteiger partial charge < -0.3 is 10.2 Å². The number of hydrogen-bond acceptors (Lipinski definition) is 2. The third-order valence-corrected chi connectivity index (χ3v) is 4.09. The molecule has 1 N–H and O–H groups in total. The van der Waals surface area contributed by atoms with E-state index in [-0.39, 0.29) is 11.8 Å². The van der Waals surface area contributed by atoms with Crippen molar-refractivity contribution in [2.24, 2.45) is 5.92 Å². The van der Waals surface area contributed by atoms with E-state index in [2.05, 4.69) is 23.5 Å². The summed E-state index contributed by atoms with van der Waals surface area (Å²) in [6.45, 7) is 4.94. The van der Waals surface area contributed by atoms with Crippen LogP contribution in [0.2, 0.25) is 0 Å². The second-order valence-corrected chi connectivity index (χ2v) is 5.41. The molecule has 1 atom stereocenters. The summed E-state index contributed by atoms with van der Waals surface area (Å²) >= 11 is 0. The van der Waals surface area contributed by atoms with Crippen LogP contribution < -0.4 is 10.2 Å². The van der Waals surface area contributed by atoms with E-state index >= 15 is 0 Å². The number of benzene rings is 1. The van der Waals surface area contributed by atoms with Crippen molar-refractivity contribution in [3.63, 3.8) is 0 Å². The van der Waals surface area contributed by atoms with E-state index in [1.54, 1.807) is 0 Å². The first-order valence-corrected chi connectivity index (χ1v) is 6.89. The highest BCUT2D eigenvalue weighted by Gasteiger charge is 2.29. The van der Waals surface area contributed by atoms with Crippen LogP contribution in [0.1, 0.15) is 30.9 Å². The zero-order valence-corrected chi connectivity index (χ0v) is 10.9. The lowest BCUT2D eigenvalue weighted by Crippen LogP contribution is -2.26. The Bertz CT molecular complexity index is 470. The molecule has 1 amide bonds. The molecule has 3 heteroatoms. The third kappa shape index (κ3) is 2.03. The van der Waals surface area contributed by atoms with Crippen molar-refractivity contribution >= 4 is 11.6 Å². The molecule has 1 aromatic rings. The monoisotopic (exact) mass is 244 g/mol. The molecule has 2 heterocycles. The molecular weight excluding hydrogens is 224 g/mol. The summed E-state index contributed by atoms with van der Waals surface area (Å²) < 4.78 is 0. The van der Waals surface area contributed by atoms with Gasteiger partial charge >= 0.3 is 0 Å². The van der Waals surface area contributed by atoms with Crippen molar-refractivity contribution < 1.29 is 4.79 Å². The van der Waals surface area contributed by atoms with E-state index in [4.69, 9.17) is 0 Å². The number of hydrogen-bond donors (Lipinski definition) is 1. The predicted molar refractivity (Wildman–Crippen MR) is 72.6 cm³/mol. The van der Waals surface area contributed by atoms with E-state index in [0.717, 1.165) is 38.2 Å². The van der Waals surface area contributed by atoms with Crippen LogP contribution in [0.15, 0.2) is 18.2 Å². The van der Waals surface area contributed by atoms with Crippen LogP contribution in [0.4, 0.5) is 5.69 Å². The van der Waals surface area contributed by atoms with Gasteiger partial charge in [0.25, 0.3) is 0 Å². The minimum atomic E-state index is 0.186. The molecule has 0 aliphatic carbocycles. The van der Waals surface area contributed by atoms with Gasteiger partial charge in [-0.3, -0.25) is 4.79 Å². The quantitative estimate of drug-likeness (QED) is 0.820.